The Balaban J connectivity index is 1.75. The van der Waals surface area contributed by atoms with E-state index in [1.807, 2.05) is 66.9 Å². The van der Waals surface area contributed by atoms with Gasteiger partial charge in [-0.1, -0.05) is 48.5 Å². The molecule has 0 unspecified atom stereocenters. The largest absolute Gasteiger partial charge is 0.423 e. The third-order valence-electron chi connectivity index (χ3n) is 3.99. The molecule has 2 heterocycles. The summed E-state index contributed by atoms with van der Waals surface area (Å²) < 4.78 is 7.24. The zero-order valence-corrected chi connectivity index (χ0v) is 15.8. The molecule has 0 atom stereocenters. The summed E-state index contributed by atoms with van der Waals surface area (Å²) in [6.45, 7) is 0.539. The van der Waals surface area contributed by atoms with Crippen LogP contribution >= 0.6 is 11.8 Å². The summed E-state index contributed by atoms with van der Waals surface area (Å²) in [5.41, 5.74) is 1.51. The molecular formula is C20H16N6OS. The first kappa shape index (κ1) is 17.8. The average Bonchev–Trinajstić information content (AvgIpc) is 3.14. The van der Waals surface area contributed by atoms with Crippen LogP contribution in [0.25, 0.3) is 5.78 Å². The zero-order chi connectivity index (χ0) is 19.3. The first-order chi connectivity index (χ1) is 13.8. The molecule has 28 heavy (non-hydrogen) atoms. The first-order valence-electron chi connectivity index (χ1n) is 8.54. The van der Waals surface area contributed by atoms with Crippen molar-refractivity contribution in [3.63, 3.8) is 0 Å². The Morgan fingerprint density at radius 3 is 2.46 bits per heavy atom. The van der Waals surface area contributed by atoms with Crippen molar-refractivity contribution in [1.82, 2.24) is 19.6 Å². The van der Waals surface area contributed by atoms with Crippen molar-refractivity contribution in [3.05, 3.63) is 71.8 Å². The highest BCUT2D eigenvalue weighted by atomic mass is 32.2. The van der Waals surface area contributed by atoms with Crippen LogP contribution in [0.15, 0.2) is 65.7 Å². The molecule has 4 aromatic rings. The number of aromatic nitrogens is 4. The highest BCUT2D eigenvalue weighted by molar-refractivity contribution is 7.98. The van der Waals surface area contributed by atoms with E-state index in [9.17, 15) is 5.26 Å². The Morgan fingerprint density at radius 2 is 1.79 bits per heavy atom. The maximum atomic E-state index is 9.69. The molecule has 0 saturated heterocycles. The molecule has 0 amide bonds. The van der Waals surface area contributed by atoms with Crippen LogP contribution in [-0.4, -0.2) is 25.8 Å². The van der Waals surface area contributed by atoms with Gasteiger partial charge in [0.1, 0.15) is 22.4 Å². The third kappa shape index (κ3) is 3.61. The Labute approximate surface area is 166 Å². The number of ether oxygens (including phenoxy) is 1. The van der Waals surface area contributed by atoms with Gasteiger partial charge in [-0.05, 0) is 24.0 Å². The molecule has 0 aliphatic heterocycles. The SMILES string of the molecule is CSc1nc2nc(Oc3ccccc3)nn2c(NCc2ccccc2)c1C#N. The quantitative estimate of drug-likeness (QED) is 0.392. The van der Waals surface area contributed by atoms with Crippen LogP contribution in [0.4, 0.5) is 5.82 Å². The summed E-state index contributed by atoms with van der Waals surface area (Å²) in [5, 5.41) is 18.0. The molecular weight excluding hydrogens is 372 g/mol. The minimum Gasteiger partial charge on any atom is -0.423 e. The summed E-state index contributed by atoms with van der Waals surface area (Å²) in [6.07, 6.45) is 1.87. The van der Waals surface area contributed by atoms with Gasteiger partial charge in [0.2, 0.25) is 0 Å². The van der Waals surface area contributed by atoms with Gasteiger partial charge >= 0.3 is 6.01 Å². The number of hydrogen-bond acceptors (Lipinski definition) is 7. The van der Waals surface area contributed by atoms with Crippen LogP contribution in [0.5, 0.6) is 11.8 Å². The van der Waals surface area contributed by atoms with E-state index >= 15 is 0 Å². The summed E-state index contributed by atoms with van der Waals surface area (Å²) in [7, 11) is 0. The molecule has 7 nitrogen and oxygen atoms in total. The van der Waals surface area contributed by atoms with E-state index in [2.05, 4.69) is 26.5 Å². The maximum absolute atomic E-state index is 9.69. The number of thioether (sulfide) groups is 1. The predicted molar refractivity (Wildman–Crippen MR) is 108 cm³/mol. The molecule has 0 fully saturated rings. The number of rotatable bonds is 6. The molecule has 1 N–H and O–H groups in total. The predicted octanol–water partition coefficient (Wildman–Crippen LogP) is 4.12. The number of fused-ring (bicyclic) bond motifs is 1. The van der Waals surface area contributed by atoms with E-state index in [0.717, 1.165) is 5.56 Å². The topological polar surface area (TPSA) is 88.1 Å². The number of nitrogens with one attached hydrogen (secondary N) is 1. The van der Waals surface area contributed by atoms with Crippen LogP contribution in [0, 0.1) is 11.3 Å². The lowest BCUT2D eigenvalue weighted by Gasteiger charge is -2.11. The second kappa shape index (κ2) is 7.98. The number of nitriles is 1. The van der Waals surface area contributed by atoms with Gasteiger partial charge in [0.15, 0.2) is 5.82 Å². The minimum absolute atomic E-state index is 0.170. The van der Waals surface area contributed by atoms with Crippen LogP contribution in [0.2, 0.25) is 0 Å². The monoisotopic (exact) mass is 388 g/mol. The molecule has 4 rings (SSSR count). The second-order valence-corrected chi connectivity index (χ2v) is 6.61. The molecule has 138 valence electrons. The van der Waals surface area contributed by atoms with Crippen molar-refractivity contribution in [2.45, 2.75) is 11.6 Å². The molecule has 8 heteroatoms. The first-order valence-corrected chi connectivity index (χ1v) is 9.76. The molecule has 0 bridgehead atoms. The van der Waals surface area contributed by atoms with Crippen LogP contribution < -0.4 is 10.1 Å². The normalized spacial score (nSPS) is 10.6. The maximum Gasteiger partial charge on any atom is 0.343 e. The van der Waals surface area contributed by atoms with Crippen molar-refractivity contribution < 1.29 is 4.74 Å². The number of anilines is 1. The van der Waals surface area contributed by atoms with Gasteiger partial charge in [0, 0.05) is 6.54 Å². The van der Waals surface area contributed by atoms with Gasteiger partial charge < -0.3 is 10.1 Å². The highest BCUT2D eigenvalue weighted by Gasteiger charge is 2.19. The fourth-order valence-electron chi connectivity index (χ4n) is 2.69. The van der Waals surface area contributed by atoms with Crippen molar-refractivity contribution in [1.29, 1.82) is 5.26 Å². The molecule has 0 radical (unpaired) electrons. The molecule has 0 aliphatic rings. The third-order valence-corrected chi connectivity index (χ3v) is 4.68. The molecule has 0 saturated carbocycles. The number of benzene rings is 2. The number of nitrogens with zero attached hydrogens (tertiary/aromatic N) is 5. The number of hydrogen-bond donors (Lipinski definition) is 1. The summed E-state index contributed by atoms with van der Waals surface area (Å²) in [5.74, 6) is 1.53. The van der Waals surface area contributed by atoms with E-state index in [4.69, 9.17) is 4.74 Å². The molecule has 0 aliphatic carbocycles. The van der Waals surface area contributed by atoms with Crippen LogP contribution in [0.3, 0.4) is 0 Å². The zero-order valence-electron chi connectivity index (χ0n) is 15.0. The standard InChI is InChI=1S/C20H16N6OS/c1-28-18-16(12-21)17(22-13-14-8-4-2-5-9-14)26-19(23-18)24-20(25-26)27-15-10-6-3-7-11-15/h2-11,22H,13H2,1H3. The fraction of sp³-hybridized carbons (Fsp3) is 0.100. The molecule has 2 aromatic heterocycles. The molecule has 2 aromatic carbocycles. The van der Waals surface area contributed by atoms with Gasteiger partial charge in [-0.3, -0.25) is 0 Å². The van der Waals surface area contributed by atoms with Crippen LogP contribution in [0.1, 0.15) is 11.1 Å². The van der Waals surface area contributed by atoms with Crippen molar-refractivity contribution in [2.24, 2.45) is 0 Å². The van der Waals surface area contributed by atoms with E-state index < -0.39 is 0 Å². The van der Waals surface area contributed by atoms with Crippen molar-refractivity contribution in [3.8, 4) is 17.8 Å². The van der Waals surface area contributed by atoms with E-state index in [1.165, 1.54) is 16.3 Å². The summed E-state index contributed by atoms with van der Waals surface area (Å²) >= 11 is 1.39. The summed E-state index contributed by atoms with van der Waals surface area (Å²) in [6, 6.07) is 21.6. The van der Waals surface area contributed by atoms with E-state index in [0.29, 0.717) is 34.5 Å². The van der Waals surface area contributed by atoms with Gasteiger partial charge in [0.25, 0.3) is 5.78 Å². The Morgan fingerprint density at radius 1 is 1.07 bits per heavy atom. The van der Waals surface area contributed by atoms with E-state index in [1.54, 1.807) is 0 Å². The fourth-order valence-corrected chi connectivity index (χ4v) is 3.21. The van der Waals surface area contributed by atoms with Crippen LogP contribution in [-0.2, 0) is 6.54 Å². The second-order valence-electron chi connectivity index (χ2n) is 5.82. The minimum atomic E-state index is 0.170. The van der Waals surface area contributed by atoms with E-state index in [-0.39, 0.29) is 6.01 Å². The Hall–Kier alpha value is -3.57. The number of para-hydroxylation sites is 1. The smallest absolute Gasteiger partial charge is 0.343 e. The lowest BCUT2D eigenvalue weighted by Crippen LogP contribution is -2.10. The van der Waals surface area contributed by atoms with Crippen molar-refractivity contribution in [2.75, 3.05) is 11.6 Å². The lowest BCUT2D eigenvalue weighted by atomic mass is 10.2. The Bertz CT molecular complexity index is 1140. The lowest BCUT2D eigenvalue weighted by molar-refractivity contribution is 0.443. The van der Waals surface area contributed by atoms with Gasteiger partial charge in [-0.25, -0.2) is 4.98 Å². The average molecular weight is 388 g/mol. The van der Waals surface area contributed by atoms with Gasteiger partial charge in [0.05, 0.1) is 0 Å². The van der Waals surface area contributed by atoms with Gasteiger partial charge in [-0.15, -0.1) is 16.9 Å². The Kier molecular flexibility index (Phi) is 5.08. The summed E-state index contributed by atoms with van der Waals surface area (Å²) in [4.78, 5) is 8.82. The van der Waals surface area contributed by atoms with Crippen molar-refractivity contribution >= 4 is 23.4 Å². The van der Waals surface area contributed by atoms with Gasteiger partial charge in [-0.2, -0.15) is 14.8 Å². The molecule has 0 spiro atoms. The highest BCUT2D eigenvalue weighted by Crippen LogP contribution is 2.27.